The highest BCUT2D eigenvalue weighted by Gasteiger charge is 2.31. The number of nitrogens with one attached hydrogen (secondary N) is 2. The fourth-order valence-electron chi connectivity index (χ4n) is 2.52. The lowest BCUT2D eigenvalue weighted by atomic mass is 10.2. The van der Waals surface area contributed by atoms with Crippen LogP contribution in [0.15, 0.2) is 24.3 Å². The van der Waals surface area contributed by atoms with Crippen LogP contribution >= 0.6 is 0 Å². The van der Waals surface area contributed by atoms with Gasteiger partial charge in [-0.05, 0) is 26.0 Å². The summed E-state index contributed by atoms with van der Waals surface area (Å²) in [6.45, 7) is 4.81. The molecule has 1 aliphatic rings. The van der Waals surface area contributed by atoms with Crippen LogP contribution in [-0.2, 0) is 9.53 Å². The van der Waals surface area contributed by atoms with Crippen molar-refractivity contribution >= 4 is 17.6 Å². The van der Waals surface area contributed by atoms with Crippen molar-refractivity contribution in [1.82, 2.24) is 10.6 Å². The third-order valence-corrected chi connectivity index (χ3v) is 3.60. The lowest BCUT2D eigenvalue weighted by Crippen LogP contribution is -2.47. The van der Waals surface area contributed by atoms with Crippen LogP contribution in [0.4, 0.5) is 10.5 Å². The maximum atomic E-state index is 12.1. The Morgan fingerprint density at radius 1 is 1.41 bits per heavy atom. The molecule has 2 N–H and O–H groups in total. The minimum Gasteiger partial charge on any atom is -0.383 e. The summed E-state index contributed by atoms with van der Waals surface area (Å²) in [7, 11) is 1.59. The van der Waals surface area contributed by atoms with E-state index in [0.717, 1.165) is 11.3 Å². The minimum absolute atomic E-state index is 0.0269. The van der Waals surface area contributed by atoms with Gasteiger partial charge in [0.15, 0.2) is 0 Å². The van der Waals surface area contributed by atoms with Crippen molar-refractivity contribution in [3.63, 3.8) is 0 Å². The van der Waals surface area contributed by atoms with E-state index in [9.17, 15) is 9.59 Å². The average Bonchev–Trinajstić information content (AvgIpc) is 2.80. The second-order valence-electron chi connectivity index (χ2n) is 5.72. The van der Waals surface area contributed by atoms with Crippen LogP contribution in [0.5, 0.6) is 0 Å². The normalized spacial score (nSPS) is 19.1. The molecule has 0 aliphatic carbocycles. The van der Waals surface area contributed by atoms with Gasteiger partial charge < -0.3 is 20.3 Å². The van der Waals surface area contributed by atoms with E-state index in [0.29, 0.717) is 19.6 Å². The number of hydrogen-bond acceptors (Lipinski definition) is 3. The second-order valence-corrected chi connectivity index (χ2v) is 5.72. The van der Waals surface area contributed by atoms with Gasteiger partial charge in [0.25, 0.3) is 0 Å². The molecule has 6 heteroatoms. The Balaban J connectivity index is 1.89. The monoisotopic (exact) mass is 305 g/mol. The summed E-state index contributed by atoms with van der Waals surface area (Å²) >= 11 is 0. The molecule has 1 aliphatic heterocycles. The van der Waals surface area contributed by atoms with Crippen LogP contribution in [0.1, 0.15) is 18.9 Å². The smallest absolute Gasteiger partial charge is 0.315 e. The number of hydrogen-bond donors (Lipinski definition) is 2. The second kappa shape index (κ2) is 7.26. The van der Waals surface area contributed by atoms with Gasteiger partial charge in [0.2, 0.25) is 5.91 Å². The first kappa shape index (κ1) is 16.3. The van der Waals surface area contributed by atoms with Gasteiger partial charge in [0.05, 0.1) is 18.7 Å². The quantitative estimate of drug-likeness (QED) is 0.864. The van der Waals surface area contributed by atoms with E-state index in [1.54, 1.807) is 12.0 Å². The zero-order valence-corrected chi connectivity index (χ0v) is 13.3. The lowest BCUT2D eigenvalue weighted by Gasteiger charge is -2.19. The summed E-state index contributed by atoms with van der Waals surface area (Å²) in [5.74, 6) is 0.0269. The number of anilines is 1. The molecule has 2 atom stereocenters. The summed E-state index contributed by atoms with van der Waals surface area (Å²) < 4.78 is 4.97. The highest BCUT2D eigenvalue weighted by Crippen LogP contribution is 2.21. The van der Waals surface area contributed by atoms with Crippen LogP contribution in [0.2, 0.25) is 0 Å². The van der Waals surface area contributed by atoms with Crippen molar-refractivity contribution in [3.8, 4) is 0 Å². The molecule has 1 aromatic carbocycles. The van der Waals surface area contributed by atoms with Crippen molar-refractivity contribution in [1.29, 1.82) is 0 Å². The average molecular weight is 305 g/mol. The van der Waals surface area contributed by atoms with Crippen LogP contribution in [0, 0.1) is 6.92 Å². The molecule has 0 aromatic heterocycles. The van der Waals surface area contributed by atoms with Crippen molar-refractivity contribution in [2.45, 2.75) is 32.4 Å². The Bertz CT molecular complexity index is 530. The Hall–Kier alpha value is -2.08. The largest absolute Gasteiger partial charge is 0.383 e. The first-order valence-electron chi connectivity index (χ1n) is 7.42. The van der Waals surface area contributed by atoms with E-state index < -0.39 is 0 Å². The summed E-state index contributed by atoms with van der Waals surface area (Å²) in [5.41, 5.74) is 2.02. The molecule has 2 rings (SSSR count). The molecule has 1 saturated heterocycles. The van der Waals surface area contributed by atoms with Gasteiger partial charge in [0.1, 0.15) is 0 Å². The van der Waals surface area contributed by atoms with E-state index in [1.807, 2.05) is 38.1 Å². The van der Waals surface area contributed by atoms with Gasteiger partial charge in [-0.25, -0.2) is 4.79 Å². The molecule has 0 radical (unpaired) electrons. The molecule has 0 unspecified atom stereocenters. The predicted molar refractivity (Wildman–Crippen MR) is 84.9 cm³/mol. The number of methoxy groups -OCH3 is 1. The molecule has 1 heterocycles. The Morgan fingerprint density at radius 2 is 2.09 bits per heavy atom. The summed E-state index contributed by atoms with van der Waals surface area (Å²) in [6.07, 6.45) is 0.319. The number of benzene rings is 1. The molecular weight excluding hydrogens is 282 g/mol. The Morgan fingerprint density at radius 3 is 2.73 bits per heavy atom. The lowest BCUT2D eigenvalue weighted by molar-refractivity contribution is -0.117. The predicted octanol–water partition coefficient (Wildman–Crippen LogP) is 1.43. The third kappa shape index (κ3) is 4.21. The molecular formula is C16H23N3O3. The van der Waals surface area contributed by atoms with Crippen LogP contribution in [-0.4, -0.2) is 44.3 Å². The van der Waals surface area contributed by atoms with Crippen molar-refractivity contribution in [2.75, 3.05) is 25.2 Å². The standard InChI is InChI=1S/C16H23N3O3/c1-11-4-6-14(7-5-11)19-9-13(8-15(19)20)18-16(21)17-12(2)10-22-3/h4-7,12-13H,8-10H2,1-3H3,(H2,17,18,21)/t12-,13+/m0/s1. The SMILES string of the molecule is COC[C@H](C)NC(=O)N[C@@H]1CC(=O)N(c2ccc(C)cc2)C1. The minimum atomic E-state index is -0.270. The molecule has 22 heavy (non-hydrogen) atoms. The van der Waals surface area contributed by atoms with Gasteiger partial charge in [-0.2, -0.15) is 0 Å². The molecule has 120 valence electrons. The molecule has 3 amide bonds. The molecule has 6 nitrogen and oxygen atoms in total. The van der Waals surface area contributed by atoms with Crippen LogP contribution in [0.3, 0.4) is 0 Å². The Labute approximate surface area is 130 Å². The molecule has 1 fully saturated rings. The summed E-state index contributed by atoms with van der Waals surface area (Å²) in [6, 6.07) is 7.28. The van der Waals surface area contributed by atoms with E-state index in [-0.39, 0.29) is 24.0 Å². The zero-order valence-electron chi connectivity index (χ0n) is 13.3. The number of carbonyl (C=O) groups excluding carboxylic acids is 2. The molecule has 0 spiro atoms. The van der Waals surface area contributed by atoms with Crippen molar-refractivity contribution < 1.29 is 14.3 Å². The zero-order chi connectivity index (χ0) is 16.1. The molecule has 0 bridgehead atoms. The van der Waals surface area contributed by atoms with Gasteiger partial charge in [-0.1, -0.05) is 17.7 Å². The van der Waals surface area contributed by atoms with E-state index >= 15 is 0 Å². The fraction of sp³-hybridized carbons (Fsp3) is 0.500. The van der Waals surface area contributed by atoms with Gasteiger partial charge in [0, 0.05) is 25.8 Å². The number of ether oxygens (including phenoxy) is 1. The maximum absolute atomic E-state index is 12.1. The summed E-state index contributed by atoms with van der Waals surface area (Å²) in [5, 5.41) is 5.62. The third-order valence-electron chi connectivity index (χ3n) is 3.60. The molecule has 0 saturated carbocycles. The van der Waals surface area contributed by atoms with Crippen LogP contribution < -0.4 is 15.5 Å². The van der Waals surface area contributed by atoms with E-state index in [2.05, 4.69) is 10.6 Å². The van der Waals surface area contributed by atoms with Crippen LogP contribution in [0.25, 0.3) is 0 Å². The highest BCUT2D eigenvalue weighted by atomic mass is 16.5. The molecule has 1 aromatic rings. The van der Waals surface area contributed by atoms with Crippen molar-refractivity contribution in [3.05, 3.63) is 29.8 Å². The topological polar surface area (TPSA) is 70.7 Å². The number of nitrogens with zero attached hydrogens (tertiary/aromatic N) is 1. The van der Waals surface area contributed by atoms with Gasteiger partial charge in [-0.15, -0.1) is 0 Å². The highest BCUT2D eigenvalue weighted by molar-refractivity contribution is 5.96. The first-order valence-corrected chi connectivity index (χ1v) is 7.42. The number of urea groups is 1. The number of aryl methyl sites for hydroxylation is 1. The Kier molecular flexibility index (Phi) is 5.38. The number of rotatable bonds is 5. The fourth-order valence-corrected chi connectivity index (χ4v) is 2.52. The summed E-state index contributed by atoms with van der Waals surface area (Å²) in [4.78, 5) is 25.7. The van der Waals surface area contributed by atoms with Crippen molar-refractivity contribution in [2.24, 2.45) is 0 Å². The van der Waals surface area contributed by atoms with Gasteiger partial charge in [-0.3, -0.25) is 4.79 Å². The van der Waals surface area contributed by atoms with E-state index in [4.69, 9.17) is 4.74 Å². The van der Waals surface area contributed by atoms with E-state index in [1.165, 1.54) is 0 Å². The van der Waals surface area contributed by atoms with Gasteiger partial charge >= 0.3 is 6.03 Å². The number of amides is 3. The first-order chi connectivity index (χ1) is 10.5. The maximum Gasteiger partial charge on any atom is 0.315 e. The number of carbonyl (C=O) groups is 2.